The maximum absolute atomic E-state index is 11.3. The number of nitrogens with two attached hydrogens (primary N) is 1. The molecule has 15 heavy (non-hydrogen) atoms. The summed E-state index contributed by atoms with van der Waals surface area (Å²) in [6.45, 7) is 1.80. The van der Waals surface area contributed by atoms with E-state index in [0.29, 0.717) is 26.3 Å². The zero-order valence-corrected chi connectivity index (χ0v) is 7.99. The van der Waals surface area contributed by atoms with Crippen LogP contribution in [0.25, 0.3) is 0 Å². The number of hydrogen-bond acceptors (Lipinski definition) is 4. The Labute approximate surface area is 85.7 Å². The van der Waals surface area contributed by atoms with E-state index in [2.05, 4.69) is 11.2 Å². The van der Waals surface area contributed by atoms with E-state index in [1.54, 1.807) is 0 Å². The number of nitrogens with one attached hydrogen (secondary N) is 2. The second-order valence-corrected chi connectivity index (χ2v) is 2.85. The van der Waals surface area contributed by atoms with E-state index in [4.69, 9.17) is 4.74 Å². The molecule has 0 saturated carbocycles. The minimum Gasteiger partial charge on any atom is -0.378 e. The Morgan fingerprint density at radius 1 is 1.13 bits per heavy atom. The number of hydrazine groups is 1. The number of ether oxygens (including phenoxy) is 1. The lowest BCUT2D eigenvalue weighted by Gasteiger charge is -2.26. The molecule has 1 fully saturated rings. The van der Waals surface area contributed by atoms with Gasteiger partial charge in [0.15, 0.2) is 0 Å². The van der Waals surface area contributed by atoms with Crippen LogP contribution in [0.15, 0.2) is 0 Å². The summed E-state index contributed by atoms with van der Waals surface area (Å²) in [6, 6.07) is -0.493. The van der Waals surface area contributed by atoms with Crippen LogP contribution in [0, 0.1) is 0 Å². The Morgan fingerprint density at radius 3 is 2.27 bits per heavy atom. The SMILES string of the molecule is NC(=O)C(=O)NNC(=O)N1CCOCC1. The summed E-state index contributed by atoms with van der Waals surface area (Å²) in [4.78, 5) is 33.8. The Kier molecular flexibility index (Phi) is 3.86. The lowest BCUT2D eigenvalue weighted by Crippen LogP contribution is -2.54. The highest BCUT2D eigenvalue weighted by Gasteiger charge is 2.17. The molecule has 1 heterocycles. The molecule has 0 aromatic rings. The second kappa shape index (κ2) is 5.15. The van der Waals surface area contributed by atoms with E-state index in [9.17, 15) is 14.4 Å². The molecular formula is C7H12N4O4. The number of amides is 4. The van der Waals surface area contributed by atoms with Gasteiger partial charge in [-0.1, -0.05) is 0 Å². The predicted molar refractivity (Wildman–Crippen MR) is 48.3 cm³/mol. The molecule has 0 unspecified atom stereocenters. The molecule has 0 bridgehead atoms. The molecule has 0 atom stereocenters. The van der Waals surface area contributed by atoms with Crippen molar-refractivity contribution in [2.75, 3.05) is 26.3 Å². The molecular weight excluding hydrogens is 204 g/mol. The van der Waals surface area contributed by atoms with Crippen LogP contribution in [0.5, 0.6) is 0 Å². The van der Waals surface area contributed by atoms with Crippen molar-refractivity contribution in [2.24, 2.45) is 5.73 Å². The summed E-state index contributed by atoms with van der Waals surface area (Å²) < 4.78 is 5.03. The Bertz CT molecular complexity index is 274. The van der Waals surface area contributed by atoms with Crippen molar-refractivity contribution in [3.8, 4) is 0 Å². The molecule has 4 N–H and O–H groups in total. The average Bonchev–Trinajstić information content (AvgIpc) is 2.26. The topological polar surface area (TPSA) is 114 Å². The first-order chi connectivity index (χ1) is 7.11. The van der Waals surface area contributed by atoms with Gasteiger partial charge in [0.1, 0.15) is 0 Å². The summed E-state index contributed by atoms with van der Waals surface area (Å²) >= 11 is 0. The fraction of sp³-hybridized carbons (Fsp3) is 0.571. The summed E-state index contributed by atoms with van der Waals surface area (Å²) in [7, 11) is 0. The van der Waals surface area contributed by atoms with Crippen LogP contribution < -0.4 is 16.6 Å². The van der Waals surface area contributed by atoms with Crippen LogP contribution >= 0.6 is 0 Å². The molecule has 84 valence electrons. The van der Waals surface area contributed by atoms with Gasteiger partial charge in [-0.2, -0.15) is 0 Å². The minimum absolute atomic E-state index is 0.443. The van der Waals surface area contributed by atoms with Gasteiger partial charge in [0.05, 0.1) is 13.2 Å². The van der Waals surface area contributed by atoms with Crippen LogP contribution in [0.3, 0.4) is 0 Å². The third-order valence-electron chi connectivity index (χ3n) is 1.81. The quantitative estimate of drug-likeness (QED) is 0.308. The average molecular weight is 216 g/mol. The van der Waals surface area contributed by atoms with Crippen molar-refractivity contribution in [2.45, 2.75) is 0 Å². The molecule has 1 rings (SSSR count). The third kappa shape index (κ3) is 3.43. The normalized spacial score (nSPS) is 15.6. The van der Waals surface area contributed by atoms with Gasteiger partial charge in [0.25, 0.3) is 0 Å². The number of rotatable bonds is 0. The number of hydrogen-bond donors (Lipinski definition) is 3. The number of urea groups is 1. The molecule has 1 saturated heterocycles. The van der Waals surface area contributed by atoms with Crippen LogP contribution in [-0.4, -0.2) is 49.0 Å². The van der Waals surface area contributed by atoms with Gasteiger partial charge >= 0.3 is 17.8 Å². The minimum atomic E-state index is -1.16. The van der Waals surface area contributed by atoms with Gasteiger partial charge < -0.3 is 15.4 Å². The highest BCUT2D eigenvalue weighted by atomic mass is 16.5. The second-order valence-electron chi connectivity index (χ2n) is 2.85. The van der Waals surface area contributed by atoms with Crippen LogP contribution in [0.4, 0.5) is 4.79 Å². The molecule has 0 spiro atoms. The van der Waals surface area contributed by atoms with Crippen molar-refractivity contribution < 1.29 is 19.1 Å². The smallest absolute Gasteiger partial charge is 0.336 e. The van der Waals surface area contributed by atoms with E-state index in [-0.39, 0.29) is 0 Å². The molecule has 0 radical (unpaired) electrons. The van der Waals surface area contributed by atoms with Crippen molar-refractivity contribution in [3.63, 3.8) is 0 Å². The lowest BCUT2D eigenvalue weighted by molar-refractivity contribution is -0.137. The van der Waals surface area contributed by atoms with Gasteiger partial charge in [-0.25, -0.2) is 10.2 Å². The molecule has 8 nitrogen and oxygen atoms in total. The van der Waals surface area contributed by atoms with Gasteiger partial charge in [0, 0.05) is 13.1 Å². The lowest BCUT2D eigenvalue weighted by atomic mass is 10.4. The first-order valence-electron chi connectivity index (χ1n) is 4.33. The van der Waals surface area contributed by atoms with Gasteiger partial charge in [0.2, 0.25) is 0 Å². The van der Waals surface area contributed by atoms with E-state index >= 15 is 0 Å². The maximum atomic E-state index is 11.3. The highest BCUT2D eigenvalue weighted by Crippen LogP contribution is 1.95. The van der Waals surface area contributed by atoms with E-state index in [1.165, 1.54) is 4.90 Å². The Morgan fingerprint density at radius 2 is 1.73 bits per heavy atom. The maximum Gasteiger partial charge on any atom is 0.336 e. The van der Waals surface area contributed by atoms with E-state index in [0.717, 1.165) is 0 Å². The molecule has 1 aliphatic rings. The third-order valence-corrected chi connectivity index (χ3v) is 1.81. The molecule has 1 aliphatic heterocycles. The summed E-state index contributed by atoms with van der Waals surface area (Å²) in [5, 5.41) is 0. The number of morpholine rings is 1. The van der Waals surface area contributed by atoms with Crippen LogP contribution in [0.1, 0.15) is 0 Å². The number of primary amides is 1. The van der Waals surface area contributed by atoms with Crippen LogP contribution in [-0.2, 0) is 14.3 Å². The predicted octanol–water partition coefficient (Wildman–Crippen LogP) is -2.46. The number of carbonyl (C=O) groups excluding carboxylic acids is 3. The monoisotopic (exact) mass is 216 g/mol. The highest BCUT2D eigenvalue weighted by molar-refractivity contribution is 6.34. The van der Waals surface area contributed by atoms with Gasteiger partial charge in [-0.3, -0.25) is 15.0 Å². The molecule has 0 aliphatic carbocycles. The fourth-order valence-corrected chi connectivity index (χ4v) is 1.02. The summed E-state index contributed by atoms with van der Waals surface area (Å²) in [5.41, 5.74) is 8.61. The zero-order chi connectivity index (χ0) is 11.3. The standard InChI is InChI=1S/C7H12N4O4/c8-5(12)6(13)9-10-7(14)11-1-3-15-4-2-11/h1-4H2,(H2,8,12)(H,9,13)(H,10,14). The summed E-state index contributed by atoms with van der Waals surface area (Å²) in [6.07, 6.45) is 0. The first kappa shape index (κ1) is 11.2. The Hall–Kier alpha value is -1.83. The Balaban J connectivity index is 2.28. The van der Waals surface area contributed by atoms with Crippen molar-refractivity contribution in [3.05, 3.63) is 0 Å². The summed E-state index contributed by atoms with van der Waals surface area (Å²) in [5.74, 6) is -2.21. The van der Waals surface area contributed by atoms with Crippen molar-refractivity contribution in [1.29, 1.82) is 0 Å². The largest absolute Gasteiger partial charge is 0.378 e. The van der Waals surface area contributed by atoms with Crippen molar-refractivity contribution in [1.82, 2.24) is 15.8 Å². The van der Waals surface area contributed by atoms with Crippen LogP contribution in [0.2, 0.25) is 0 Å². The zero-order valence-electron chi connectivity index (χ0n) is 7.99. The fourth-order valence-electron chi connectivity index (χ4n) is 1.02. The number of nitrogens with zero attached hydrogens (tertiary/aromatic N) is 1. The van der Waals surface area contributed by atoms with Gasteiger partial charge in [-0.15, -0.1) is 0 Å². The molecule has 4 amide bonds. The number of carbonyl (C=O) groups is 3. The van der Waals surface area contributed by atoms with Gasteiger partial charge in [-0.05, 0) is 0 Å². The molecule has 0 aromatic carbocycles. The first-order valence-corrected chi connectivity index (χ1v) is 4.33. The molecule has 0 aromatic heterocycles. The molecule has 8 heteroatoms. The van der Waals surface area contributed by atoms with E-state index < -0.39 is 17.8 Å². The van der Waals surface area contributed by atoms with Crippen molar-refractivity contribution >= 4 is 17.8 Å². The van der Waals surface area contributed by atoms with E-state index in [1.807, 2.05) is 5.43 Å².